The van der Waals surface area contributed by atoms with Crippen LogP contribution in [0.2, 0.25) is 0 Å². The first kappa shape index (κ1) is 37.7. The van der Waals surface area contributed by atoms with Gasteiger partial charge < -0.3 is 24.8 Å². The molecule has 2 saturated heterocycles. The number of hydrogen-bond donors (Lipinski definition) is 2. The highest BCUT2D eigenvalue weighted by molar-refractivity contribution is 6.07. The first-order valence-electron chi connectivity index (χ1n) is 19.5. The van der Waals surface area contributed by atoms with Gasteiger partial charge >= 0.3 is 0 Å². The average Bonchev–Trinajstić information content (AvgIpc) is 3.96. The number of fused-ring (bicyclic) bond motifs is 2. The van der Waals surface area contributed by atoms with Crippen LogP contribution in [0, 0.1) is 5.82 Å². The molecule has 0 spiro atoms. The Morgan fingerprint density at radius 3 is 1.56 bits per heavy atom. The topological polar surface area (TPSA) is 131 Å². The Balaban J connectivity index is 1.04. The summed E-state index contributed by atoms with van der Waals surface area (Å²) in [5.74, 6) is 0.337. The largest absolute Gasteiger partial charge is 0.491 e. The van der Waals surface area contributed by atoms with Crippen LogP contribution in [-0.4, -0.2) is 89.0 Å². The predicted molar refractivity (Wildman–Crippen MR) is 217 cm³/mol. The Hall–Kier alpha value is -6.18. The highest BCUT2D eigenvalue weighted by Crippen LogP contribution is 2.30. The highest BCUT2D eigenvalue weighted by atomic mass is 19.1. The smallest absolute Gasteiger partial charge is 0.275 e. The lowest BCUT2D eigenvalue weighted by Gasteiger charge is -2.17. The van der Waals surface area contributed by atoms with E-state index in [4.69, 9.17) is 14.2 Å². The number of carbonyl (C=O) groups excluding carboxylic acids is 2. The summed E-state index contributed by atoms with van der Waals surface area (Å²) in [5.41, 5.74) is 1.83. The van der Waals surface area contributed by atoms with E-state index in [0.717, 1.165) is 50.0 Å². The summed E-state index contributed by atoms with van der Waals surface area (Å²) in [7, 11) is 0. The minimum absolute atomic E-state index is 0.0567. The predicted octanol–water partition coefficient (Wildman–Crippen LogP) is 7.35. The summed E-state index contributed by atoms with van der Waals surface area (Å²) >= 11 is 0. The third-order valence-corrected chi connectivity index (χ3v) is 10.2. The summed E-state index contributed by atoms with van der Waals surface area (Å²) in [6.07, 6.45) is 4.78. The molecule has 6 aromatic rings. The van der Waals surface area contributed by atoms with E-state index >= 15 is 0 Å². The number of rotatable bonds is 15. The molecule has 0 radical (unpaired) electrons. The lowest BCUT2D eigenvalue weighted by atomic mass is 10.2. The van der Waals surface area contributed by atoms with E-state index < -0.39 is 11.8 Å². The van der Waals surface area contributed by atoms with Crippen molar-refractivity contribution >= 4 is 45.3 Å². The lowest BCUT2D eigenvalue weighted by molar-refractivity contribution is 0.101. The molecule has 8 rings (SSSR count). The van der Waals surface area contributed by atoms with E-state index in [1.165, 1.54) is 49.9 Å². The number of carbonyl (C=O) groups is 2. The van der Waals surface area contributed by atoms with Crippen molar-refractivity contribution < 1.29 is 28.2 Å². The van der Waals surface area contributed by atoms with Gasteiger partial charge in [-0.3, -0.25) is 19.4 Å². The number of benzene rings is 3. The number of pyridine rings is 3. The number of para-hydroxylation sites is 2. The number of likely N-dealkylation sites (tertiary alicyclic amines) is 2. The van der Waals surface area contributed by atoms with Crippen LogP contribution in [-0.2, 0) is 6.61 Å². The van der Waals surface area contributed by atoms with Crippen molar-refractivity contribution in [1.82, 2.24) is 24.8 Å². The molecule has 0 atom stereocenters. The molecular weight excluding hydrogens is 726 g/mol. The first-order valence-corrected chi connectivity index (χ1v) is 19.5. The minimum atomic E-state index is -0.611. The van der Waals surface area contributed by atoms with Crippen LogP contribution in [0.1, 0.15) is 52.2 Å². The van der Waals surface area contributed by atoms with Crippen molar-refractivity contribution in [2.45, 2.75) is 32.3 Å². The van der Waals surface area contributed by atoms with E-state index in [1.807, 2.05) is 48.5 Å². The van der Waals surface area contributed by atoms with Gasteiger partial charge in [0.25, 0.3) is 11.8 Å². The van der Waals surface area contributed by atoms with E-state index in [9.17, 15) is 14.0 Å². The molecule has 2 N–H and O–H groups in total. The molecule has 3 aromatic heterocycles. The van der Waals surface area contributed by atoms with Crippen LogP contribution in [0.4, 0.5) is 16.0 Å². The van der Waals surface area contributed by atoms with Crippen LogP contribution in [0.15, 0.2) is 97.1 Å². The zero-order valence-corrected chi connectivity index (χ0v) is 31.6. The Morgan fingerprint density at radius 2 is 1.07 bits per heavy atom. The van der Waals surface area contributed by atoms with Crippen molar-refractivity contribution in [2.24, 2.45) is 0 Å². The molecule has 0 unspecified atom stereocenters. The molecule has 0 saturated carbocycles. The number of halogens is 1. The van der Waals surface area contributed by atoms with Gasteiger partial charge in [-0.15, -0.1) is 0 Å². The summed E-state index contributed by atoms with van der Waals surface area (Å²) in [6.45, 7) is 6.91. The molecule has 57 heavy (non-hydrogen) atoms. The third kappa shape index (κ3) is 9.62. The van der Waals surface area contributed by atoms with Gasteiger partial charge in [-0.25, -0.2) is 19.3 Å². The van der Waals surface area contributed by atoms with E-state index in [0.29, 0.717) is 41.3 Å². The van der Waals surface area contributed by atoms with Gasteiger partial charge in [0.2, 0.25) is 0 Å². The second-order valence-electron chi connectivity index (χ2n) is 14.2. The number of anilines is 2. The maximum absolute atomic E-state index is 13.9. The van der Waals surface area contributed by atoms with Crippen molar-refractivity contribution in [2.75, 3.05) is 63.1 Å². The summed E-state index contributed by atoms with van der Waals surface area (Å²) < 4.78 is 32.1. The van der Waals surface area contributed by atoms with Gasteiger partial charge in [0.1, 0.15) is 65.9 Å². The summed E-state index contributed by atoms with van der Waals surface area (Å²) in [4.78, 5) is 46.4. The Bertz CT molecular complexity index is 2230. The molecule has 5 heterocycles. The molecule has 12 nitrogen and oxygen atoms in total. The molecule has 2 aliphatic rings. The van der Waals surface area contributed by atoms with E-state index in [1.54, 1.807) is 24.3 Å². The number of amides is 2. The molecule has 3 aromatic carbocycles. The van der Waals surface area contributed by atoms with E-state index in [2.05, 4.69) is 35.4 Å². The van der Waals surface area contributed by atoms with Crippen LogP contribution in [0.25, 0.3) is 21.8 Å². The molecule has 0 bridgehead atoms. The van der Waals surface area contributed by atoms with Crippen LogP contribution < -0.4 is 24.8 Å². The summed E-state index contributed by atoms with van der Waals surface area (Å²) in [5, 5.41) is 7.35. The van der Waals surface area contributed by atoms with Crippen molar-refractivity contribution in [3.05, 3.63) is 120 Å². The van der Waals surface area contributed by atoms with Gasteiger partial charge in [-0.1, -0.05) is 36.4 Å². The number of nitrogens with zero attached hydrogens (tertiary/aromatic N) is 5. The van der Waals surface area contributed by atoms with Crippen molar-refractivity contribution in [3.63, 3.8) is 0 Å². The molecule has 292 valence electrons. The fraction of sp³-hybridized carbons (Fsp3) is 0.295. The van der Waals surface area contributed by atoms with Crippen molar-refractivity contribution in [3.8, 4) is 17.2 Å². The van der Waals surface area contributed by atoms with Crippen molar-refractivity contribution in [1.29, 1.82) is 0 Å². The molecule has 2 amide bonds. The molecule has 2 fully saturated rings. The lowest BCUT2D eigenvalue weighted by Crippen LogP contribution is -2.25. The van der Waals surface area contributed by atoms with E-state index in [-0.39, 0.29) is 41.2 Å². The van der Waals surface area contributed by atoms with Gasteiger partial charge in [-0.2, -0.15) is 0 Å². The number of ether oxygens (including phenoxy) is 3. The fourth-order valence-electron chi connectivity index (χ4n) is 7.17. The molecule has 13 heteroatoms. The number of nitrogens with one attached hydrogen (secondary N) is 2. The zero-order valence-electron chi connectivity index (χ0n) is 31.6. The second-order valence-corrected chi connectivity index (χ2v) is 14.2. The number of hydrogen-bond acceptors (Lipinski definition) is 10. The monoisotopic (exact) mass is 769 g/mol. The first-order chi connectivity index (χ1) is 27.9. The fourth-order valence-corrected chi connectivity index (χ4v) is 7.17. The molecule has 2 aliphatic heterocycles. The average molecular weight is 770 g/mol. The Kier molecular flexibility index (Phi) is 11.7. The molecular formula is C44H44FN7O5. The maximum atomic E-state index is 13.9. The van der Waals surface area contributed by atoms with Gasteiger partial charge in [0.15, 0.2) is 0 Å². The van der Waals surface area contributed by atoms with Crippen LogP contribution >= 0.6 is 0 Å². The third-order valence-electron chi connectivity index (χ3n) is 10.2. The highest BCUT2D eigenvalue weighted by Gasteiger charge is 2.20. The Labute approximate surface area is 330 Å². The SMILES string of the molecule is O=C(Nc1cc(OCCN2CCCC2)c2ccccc2n1)c1cc(OCc2ccc(F)cc2)cc(C(=O)Nc2cc(OCCN3CCCC3)c3ccccc3n2)n1. The minimum Gasteiger partial charge on any atom is -0.491 e. The van der Waals surface area contributed by atoms with Gasteiger partial charge in [0, 0.05) is 48.1 Å². The number of aromatic nitrogens is 3. The second kappa shape index (κ2) is 17.7. The zero-order chi connectivity index (χ0) is 39.0. The van der Waals surface area contributed by atoms with Crippen LogP contribution in [0.3, 0.4) is 0 Å². The Morgan fingerprint density at radius 1 is 0.596 bits per heavy atom. The summed E-state index contributed by atoms with van der Waals surface area (Å²) in [6, 6.07) is 27.3. The standard InChI is InChI=1S/C44H44FN7O5/c45-31-15-13-30(14-16-31)29-57-32-25-37(43(53)49-41-27-39(33-9-1-3-11-35(33)47-41)55-23-21-51-17-5-6-18-51)46-38(26-32)44(54)50-42-28-40(34-10-2-4-12-36(34)48-42)56-24-22-52-19-7-8-20-52/h1-4,9-16,25-28H,5-8,17-24,29H2,(H,47,49,53)(H,48,50,54). The molecule has 0 aliphatic carbocycles. The van der Waals surface area contributed by atoms with Crippen LogP contribution in [0.5, 0.6) is 17.2 Å². The van der Waals surface area contributed by atoms with Gasteiger partial charge in [-0.05, 0) is 93.8 Å². The van der Waals surface area contributed by atoms with Gasteiger partial charge in [0.05, 0.1) is 11.0 Å². The normalized spacial score (nSPS) is 14.5. The maximum Gasteiger partial charge on any atom is 0.275 e. The quantitative estimate of drug-likeness (QED) is 0.109.